The fourth-order valence-electron chi connectivity index (χ4n) is 1.23. The third-order valence-electron chi connectivity index (χ3n) is 1.79. The summed E-state index contributed by atoms with van der Waals surface area (Å²) < 4.78 is 7.31. The van der Waals surface area contributed by atoms with Gasteiger partial charge in [0, 0.05) is 13.7 Å². The predicted octanol–water partition coefficient (Wildman–Crippen LogP) is 3.22. The van der Waals surface area contributed by atoms with Crippen molar-refractivity contribution in [3.05, 3.63) is 21.8 Å². The number of halogens is 1. The molecule has 1 N–H and O–H groups in total. The van der Waals surface area contributed by atoms with Gasteiger partial charge < -0.3 is 9.84 Å². The van der Waals surface area contributed by atoms with E-state index in [1.807, 2.05) is 18.2 Å². The van der Waals surface area contributed by atoms with Crippen molar-refractivity contribution in [1.29, 1.82) is 0 Å². The zero-order valence-corrected chi connectivity index (χ0v) is 9.85. The first-order chi connectivity index (χ1) is 6.22. The fourth-order valence-corrected chi connectivity index (χ4v) is 2.88. The SMILES string of the molecule is COc1c(O)sc2cc(I)ccc12. The van der Waals surface area contributed by atoms with E-state index in [4.69, 9.17) is 4.74 Å². The van der Waals surface area contributed by atoms with E-state index >= 15 is 0 Å². The molecule has 68 valence electrons. The fraction of sp³-hybridized carbons (Fsp3) is 0.111. The Hall–Kier alpha value is -0.490. The number of aromatic hydroxyl groups is 1. The largest absolute Gasteiger partial charge is 0.497 e. The first-order valence-corrected chi connectivity index (χ1v) is 5.57. The van der Waals surface area contributed by atoms with Crippen LogP contribution in [0.1, 0.15) is 0 Å². The molecular weight excluding hydrogens is 299 g/mol. The second kappa shape index (κ2) is 3.34. The summed E-state index contributed by atoms with van der Waals surface area (Å²) in [4.78, 5) is 0. The summed E-state index contributed by atoms with van der Waals surface area (Å²) in [6, 6.07) is 5.99. The molecule has 0 radical (unpaired) electrons. The Kier molecular flexibility index (Phi) is 2.33. The summed E-state index contributed by atoms with van der Waals surface area (Å²) in [6.07, 6.45) is 0. The molecule has 2 rings (SSSR count). The number of hydrogen-bond acceptors (Lipinski definition) is 3. The highest BCUT2D eigenvalue weighted by atomic mass is 127. The van der Waals surface area contributed by atoms with Gasteiger partial charge >= 0.3 is 0 Å². The molecule has 2 aromatic rings. The van der Waals surface area contributed by atoms with Gasteiger partial charge in [0.05, 0.1) is 7.11 Å². The highest BCUT2D eigenvalue weighted by Gasteiger charge is 2.11. The van der Waals surface area contributed by atoms with E-state index in [0.717, 1.165) is 13.7 Å². The van der Waals surface area contributed by atoms with Crippen molar-refractivity contribution in [3.8, 4) is 10.8 Å². The third-order valence-corrected chi connectivity index (χ3v) is 3.40. The van der Waals surface area contributed by atoms with Crippen molar-refractivity contribution in [2.45, 2.75) is 0 Å². The summed E-state index contributed by atoms with van der Waals surface area (Å²) in [7, 11) is 1.57. The van der Waals surface area contributed by atoms with Gasteiger partial charge in [-0.3, -0.25) is 0 Å². The first kappa shape index (κ1) is 9.08. The number of rotatable bonds is 1. The summed E-state index contributed by atoms with van der Waals surface area (Å²) in [5, 5.41) is 10.7. The van der Waals surface area contributed by atoms with Gasteiger partial charge in [0.25, 0.3) is 0 Å². The minimum Gasteiger partial charge on any atom is -0.497 e. The maximum atomic E-state index is 9.52. The molecule has 0 aliphatic heterocycles. The normalized spacial score (nSPS) is 10.6. The van der Waals surface area contributed by atoms with E-state index in [0.29, 0.717) is 5.75 Å². The Morgan fingerprint density at radius 2 is 2.23 bits per heavy atom. The molecule has 0 fully saturated rings. The maximum absolute atomic E-state index is 9.52. The van der Waals surface area contributed by atoms with Crippen LogP contribution in [0, 0.1) is 3.57 Å². The number of fused-ring (bicyclic) bond motifs is 1. The molecule has 0 aliphatic rings. The highest BCUT2D eigenvalue weighted by Crippen LogP contribution is 2.43. The van der Waals surface area contributed by atoms with Crippen LogP contribution in [0.3, 0.4) is 0 Å². The predicted molar refractivity (Wildman–Crippen MR) is 62.8 cm³/mol. The molecule has 1 aromatic heterocycles. The first-order valence-electron chi connectivity index (χ1n) is 3.67. The van der Waals surface area contributed by atoms with E-state index in [1.54, 1.807) is 7.11 Å². The van der Waals surface area contributed by atoms with Gasteiger partial charge in [0.2, 0.25) is 5.06 Å². The number of methoxy groups -OCH3 is 1. The molecule has 0 aliphatic carbocycles. The van der Waals surface area contributed by atoms with E-state index in [9.17, 15) is 5.11 Å². The molecule has 0 saturated carbocycles. The van der Waals surface area contributed by atoms with Crippen LogP contribution in [0.4, 0.5) is 0 Å². The zero-order valence-electron chi connectivity index (χ0n) is 6.87. The van der Waals surface area contributed by atoms with Crippen LogP contribution in [0.5, 0.6) is 10.8 Å². The smallest absolute Gasteiger partial charge is 0.215 e. The maximum Gasteiger partial charge on any atom is 0.215 e. The summed E-state index contributed by atoms with van der Waals surface area (Å²) in [6.45, 7) is 0. The average Bonchev–Trinajstić information content (AvgIpc) is 2.39. The van der Waals surface area contributed by atoms with Gasteiger partial charge in [0.1, 0.15) is 0 Å². The van der Waals surface area contributed by atoms with Crippen molar-refractivity contribution < 1.29 is 9.84 Å². The van der Waals surface area contributed by atoms with Crippen LogP contribution in [-0.2, 0) is 0 Å². The minimum atomic E-state index is 0.250. The van der Waals surface area contributed by atoms with Crippen LogP contribution in [0.25, 0.3) is 10.1 Å². The molecule has 13 heavy (non-hydrogen) atoms. The molecule has 0 saturated heterocycles. The molecule has 0 amide bonds. The molecule has 0 atom stereocenters. The quantitative estimate of drug-likeness (QED) is 0.820. The van der Waals surface area contributed by atoms with Crippen molar-refractivity contribution in [2.24, 2.45) is 0 Å². The zero-order chi connectivity index (χ0) is 9.42. The van der Waals surface area contributed by atoms with Crippen LogP contribution >= 0.6 is 33.9 Å². The van der Waals surface area contributed by atoms with Crippen molar-refractivity contribution in [2.75, 3.05) is 7.11 Å². The standard InChI is InChI=1S/C9H7IO2S/c1-12-8-6-3-2-5(10)4-7(6)13-9(8)11/h2-4,11H,1H3. The Balaban J connectivity index is 2.79. The number of hydrogen-bond donors (Lipinski definition) is 1. The number of thiophene rings is 1. The van der Waals surface area contributed by atoms with Crippen LogP contribution in [0.15, 0.2) is 18.2 Å². The van der Waals surface area contributed by atoms with Crippen molar-refractivity contribution in [3.63, 3.8) is 0 Å². The van der Waals surface area contributed by atoms with E-state index in [-0.39, 0.29) is 5.06 Å². The van der Waals surface area contributed by atoms with Crippen LogP contribution in [-0.4, -0.2) is 12.2 Å². The average molecular weight is 306 g/mol. The Labute approximate surface area is 93.3 Å². The summed E-state index contributed by atoms with van der Waals surface area (Å²) in [5.74, 6) is 0.580. The molecular formula is C9H7IO2S. The molecule has 1 aromatic carbocycles. The van der Waals surface area contributed by atoms with E-state index < -0.39 is 0 Å². The minimum absolute atomic E-state index is 0.250. The van der Waals surface area contributed by atoms with E-state index in [1.165, 1.54) is 11.3 Å². The number of ether oxygens (including phenoxy) is 1. The van der Waals surface area contributed by atoms with Gasteiger partial charge in [-0.25, -0.2) is 0 Å². The lowest BCUT2D eigenvalue weighted by molar-refractivity contribution is 0.385. The molecule has 0 spiro atoms. The Morgan fingerprint density at radius 1 is 1.46 bits per heavy atom. The van der Waals surface area contributed by atoms with Gasteiger partial charge in [-0.1, -0.05) is 11.3 Å². The van der Waals surface area contributed by atoms with Gasteiger partial charge in [0.15, 0.2) is 5.75 Å². The highest BCUT2D eigenvalue weighted by molar-refractivity contribution is 14.1. The van der Waals surface area contributed by atoms with Gasteiger partial charge in [-0.2, -0.15) is 0 Å². The molecule has 1 heterocycles. The molecule has 0 unspecified atom stereocenters. The molecule has 4 heteroatoms. The molecule has 0 bridgehead atoms. The van der Waals surface area contributed by atoms with Gasteiger partial charge in [-0.15, -0.1) is 0 Å². The number of benzene rings is 1. The second-order valence-electron chi connectivity index (χ2n) is 2.58. The third kappa shape index (κ3) is 1.48. The Bertz CT molecular complexity index is 450. The Morgan fingerprint density at radius 3 is 2.92 bits per heavy atom. The van der Waals surface area contributed by atoms with Crippen LogP contribution < -0.4 is 4.74 Å². The monoisotopic (exact) mass is 306 g/mol. The van der Waals surface area contributed by atoms with Crippen LogP contribution in [0.2, 0.25) is 0 Å². The van der Waals surface area contributed by atoms with Crippen molar-refractivity contribution in [1.82, 2.24) is 0 Å². The molecule has 2 nitrogen and oxygen atoms in total. The summed E-state index contributed by atoms with van der Waals surface area (Å²) in [5.41, 5.74) is 0. The topological polar surface area (TPSA) is 29.5 Å². The second-order valence-corrected chi connectivity index (χ2v) is 4.86. The summed E-state index contributed by atoms with van der Waals surface area (Å²) >= 11 is 3.59. The van der Waals surface area contributed by atoms with Crippen molar-refractivity contribution >= 4 is 44.0 Å². The lowest BCUT2D eigenvalue weighted by atomic mass is 10.2. The van der Waals surface area contributed by atoms with Gasteiger partial charge in [-0.05, 0) is 40.8 Å². The lowest BCUT2D eigenvalue weighted by Crippen LogP contribution is -1.79. The lowest BCUT2D eigenvalue weighted by Gasteiger charge is -1.96. The van der Waals surface area contributed by atoms with E-state index in [2.05, 4.69) is 22.6 Å².